The summed E-state index contributed by atoms with van der Waals surface area (Å²) in [7, 11) is 6.40. The second-order valence-electron chi connectivity index (χ2n) is 4.47. The van der Waals surface area contributed by atoms with Crippen LogP contribution < -0.4 is 23.5 Å². The SMILES string of the molecule is C=CC(=O)NCCC[N+](C)(C)C.C=CC(N)=O.[Cl-]. The van der Waals surface area contributed by atoms with Crippen LogP contribution in [0.25, 0.3) is 0 Å². The normalized spacial score (nSPS) is 9.06. The highest BCUT2D eigenvalue weighted by Gasteiger charge is 2.05. The number of carbonyl (C=O) groups excluding carboxylic acids is 2. The molecule has 0 aliphatic heterocycles. The van der Waals surface area contributed by atoms with Crippen molar-refractivity contribution in [2.45, 2.75) is 6.42 Å². The van der Waals surface area contributed by atoms with Crippen molar-refractivity contribution in [2.24, 2.45) is 5.73 Å². The first kappa shape index (κ1) is 21.9. The Morgan fingerprint density at radius 2 is 1.67 bits per heavy atom. The van der Waals surface area contributed by atoms with E-state index in [9.17, 15) is 9.59 Å². The third-order valence-corrected chi connectivity index (χ3v) is 1.69. The lowest BCUT2D eigenvalue weighted by Crippen LogP contribution is -3.00. The van der Waals surface area contributed by atoms with Crippen molar-refractivity contribution in [3.8, 4) is 0 Å². The molecule has 0 aromatic rings. The zero-order valence-electron chi connectivity index (χ0n) is 11.4. The zero-order valence-corrected chi connectivity index (χ0v) is 12.2. The lowest BCUT2D eigenvalue weighted by molar-refractivity contribution is -0.870. The topological polar surface area (TPSA) is 72.2 Å². The molecule has 106 valence electrons. The second kappa shape index (κ2) is 12.1. The van der Waals surface area contributed by atoms with Crippen LogP contribution in [-0.2, 0) is 9.59 Å². The summed E-state index contributed by atoms with van der Waals surface area (Å²) in [4.78, 5) is 20.2. The fourth-order valence-electron chi connectivity index (χ4n) is 0.837. The minimum Gasteiger partial charge on any atom is -1.00 e. The Hall–Kier alpha value is -1.33. The first-order valence-electron chi connectivity index (χ1n) is 5.35. The first-order valence-corrected chi connectivity index (χ1v) is 5.35. The van der Waals surface area contributed by atoms with E-state index in [-0.39, 0.29) is 18.3 Å². The molecule has 5 nitrogen and oxygen atoms in total. The van der Waals surface area contributed by atoms with Crippen LogP contribution in [0.4, 0.5) is 0 Å². The molecule has 0 aromatic carbocycles. The highest BCUT2D eigenvalue weighted by Crippen LogP contribution is 1.91. The van der Waals surface area contributed by atoms with Gasteiger partial charge in [-0.05, 0) is 12.2 Å². The molecule has 0 bridgehead atoms. The molecule has 0 aromatic heterocycles. The molecule has 0 saturated carbocycles. The Bertz CT molecular complexity index is 273. The number of quaternary nitrogens is 1. The van der Waals surface area contributed by atoms with Crippen LogP contribution in [0.2, 0.25) is 0 Å². The van der Waals surface area contributed by atoms with Gasteiger partial charge in [0.2, 0.25) is 11.8 Å². The Kier molecular flexibility index (Phi) is 14.8. The van der Waals surface area contributed by atoms with Gasteiger partial charge in [-0.2, -0.15) is 0 Å². The van der Waals surface area contributed by atoms with Gasteiger partial charge in [0.1, 0.15) is 0 Å². The maximum atomic E-state index is 10.7. The predicted octanol–water partition coefficient (Wildman–Crippen LogP) is -2.95. The van der Waals surface area contributed by atoms with E-state index in [0.717, 1.165) is 30.1 Å². The number of nitrogens with two attached hydrogens (primary N) is 1. The molecule has 3 N–H and O–H groups in total. The van der Waals surface area contributed by atoms with E-state index in [1.807, 2.05) is 0 Å². The number of carbonyl (C=O) groups is 2. The number of halogens is 1. The molecular weight excluding hydrogens is 254 g/mol. The first-order chi connectivity index (χ1) is 7.72. The van der Waals surface area contributed by atoms with Gasteiger partial charge < -0.3 is 27.9 Å². The van der Waals surface area contributed by atoms with E-state index < -0.39 is 5.91 Å². The van der Waals surface area contributed by atoms with Crippen LogP contribution in [-0.4, -0.2) is 50.5 Å². The molecule has 0 aliphatic carbocycles. The maximum absolute atomic E-state index is 10.7. The Morgan fingerprint density at radius 1 is 1.22 bits per heavy atom. The minimum atomic E-state index is -0.481. The zero-order chi connectivity index (χ0) is 13.9. The summed E-state index contributed by atoms with van der Waals surface area (Å²) in [5.41, 5.74) is 4.53. The number of primary amides is 1. The molecule has 0 saturated heterocycles. The van der Waals surface area contributed by atoms with Gasteiger partial charge in [-0.15, -0.1) is 0 Å². The summed E-state index contributed by atoms with van der Waals surface area (Å²) in [5.74, 6) is -0.568. The molecule has 6 heteroatoms. The van der Waals surface area contributed by atoms with Crippen molar-refractivity contribution >= 4 is 11.8 Å². The number of rotatable bonds is 6. The van der Waals surface area contributed by atoms with Gasteiger partial charge in [0, 0.05) is 13.0 Å². The number of nitrogens with one attached hydrogen (secondary N) is 1. The second-order valence-corrected chi connectivity index (χ2v) is 4.47. The van der Waals surface area contributed by atoms with E-state index in [1.165, 1.54) is 6.08 Å². The van der Waals surface area contributed by atoms with Crippen LogP contribution >= 0.6 is 0 Å². The van der Waals surface area contributed by atoms with Gasteiger partial charge in [-0.25, -0.2) is 0 Å². The largest absolute Gasteiger partial charge is 1.00 e. The van der Waals surface area contributed by atoms with Gasteiger partial charge >= 0.3 is 0 Å². The number of hydrogen-bond acceptors (Lipinski definition) is 2. The Balaban J connectivity index is -0.000000321. The summed E-state index contributed by atoms with van der Waals surface area (Å²) < 4.78 is 0.934. The summed E-state index contributed by atoms with van der Waals surface area (Å²) in [6, 6.07) is 0. The molecule has 0 rings (SSSR count). The quantitative estimate of drug-likeness (QED) is 0.310. The standard InChI is InChI=1S/C9H18N2O.C3H5NO.ClH/c1-5-9(12)10-7-6-8-11(2,3)4;1-2-3(4)5;/h5H,1,6-8H2,2-4H3;2H,1H2,(H2,4,5);1H. The van der Waals surface area contributed by atoms with E-state index in [4.69, 9.17) is 0 Å². The maximum Gasteiger partial charge on any atom is 0.243 e. The van der Waals surface area contributed by atoms with Crippen molar-refractivity contribution in [1.82, 2.24) is 5.32 Å². The van der Waals surface area contributed by atoms with Gasteiger partial charge in [0.15, 0.2) is 0 Å². The van der Waals surface area contributed by atoms with Gasteiger partial charge in [0.25, 0.3) is 0 Å². The molecule has 18 heavy (non-hydrogen) atoms. The fraction of sp³-hybridized carbons (Fsp3) is 0.500. The third kappa shape index (κ3) is 24.1. The summed E-state index contributed by atoms with van der Waals surface area (Å²) >= 11 is 0. The third-order valence-electron chi connectivity index (χ3n) is 1.69. The average molecular weight is 278 g/mol. The molecule has 0 aliphatic rings. The van der Waals surface area contributed by atoms with E-state index in [1.54, 1.807) is 0 Å². The monoisotopic (exact) mass is 277 g/mol. The Labute approximate surface area is 116 Å². The van der Waals surface area contributed by atoms with Crippen molar-refractivity contribution < 1.29 is 26.5 Å². The minimum absolute atomic E-state index is 0. The van der Waals surface area contributed by atoms with Crippen LogP contribution in [0.3, 0.4) is 0 Å². The van der Waals surface area contributed by atoms with Gasteiger partial charge in [-0.3, -0.25) is 9.59 Å². The van der Waals surface area contributed by atoms with Crippen molar-refractivity contribution in [3.05, 3.63) is 25.3 Å². The number of hydrogen-bond donors (Lipinski definition) is 2. The molecule has 0 heterocycles. The average Bonchev–Trinajstić information content (AvgIpc) is 2.23. The molecule has 0 radical (unpaired) electrons. The van der Waals surface area contributed by atoms with E-state index in [2.05, 4.69) is 45.4 Å². The van der Waals surface area contributed by atoms with Crippen molar-refractivity contribution in [1.29, 1.82) is 0 Å². The van der Waals surface area contributed by atoms with Crippen molar-refractivity contribution in [2.75, 3.05) is 34.2 Å². The fourth-order valence-corrected chi connectivity index (χ4v) is 0.837. The summed E-state index contributed by atoms with van der Waals surface area (Å²) in [6.07, 6.45) is 3.36. The smallest absolute Gasteiger partial charge is 0.243 e. The predicted molar refractivity (Wildman–Crippen MR) is 70.1 cm³/mol. The molecule has 0 fully saturated rings. The van der Waals surface area contributed by atoms with Gasteiger partial charge in [-0.1, -0.05) is 13.2 Å². The molecular formula is C12H24ClN3O2. The number of nitrogens with zero attached hydrogens (tertiary/aromatic N) is 1. The molecule has 0 spiro atoms. The summed E-state index contributed by atoms with van der Waals surface area (Å²) in [6.45, 7) is 8.26. The Morgan fingerprint density at radius 3 is 1.94 bits per heavy atom. The van der Waals surface area contributed by atoms with Crippen molar-refractivity contribution in [3.63, 3.8) is 0 Å². The summed E-state index contributed by atoms with van der Waals surface area (Å²) in [5, 5.41) is 2.74. The van der Waals surface area contributed by atoms with Crippen LogP contribution in [0.1, 0.15) is 6.42 Å². The molecule has 0 atom stereocenters. The molecule has 0 unspecified atom stereocenters. The highest BCUT2D eigenvalue weighted by molar-refractivity contribution is 5.86. The van der Waals surface area contributed by atoms with Crippen LogP contribution in [0, 0.1) is 0 Å². The lowest BCUT2D eigenvalue weighted by Gasteiger charge is -2.23. The van der Waals surface area contributed by atoms with E-state index in [0.29, 0.717) is 0 Å². The lowest BCUT2D eigenvalue weighted by atomic mass is 10.3. The highest BCUT2D eigenvalue weighted by atomic mass is 35.5. The van der Waals surface area contributed by atoms with Crippen LogP contribution in [0.15, 0.2) is 25.3 Å². The number of amides is 2. The molecule has 2 amide bonds. The van der Waals surface area contributed by atoms with E-state index >= 15 is 0 Å². The van der Waals surface area contributed by atoms with Gasteiger partial charge in [0.05, 0.1) is 27.7 Å². The van der Waals surface area contributed by atoms with Crippen LogP contribution in [0.5, 0.6) is 0 Å².